The topological polar surface area (TPSA) is 415 Å². The molecule has 6 aliphatic rings. The lowest BCUT2D eigenvalue weighted by atomic mass is 9.81. The predicted octanol–water partition coefficient (Wildman–Crippen LogP) is 1.04. The second-order valence-corrected chi connectivity index (χ2v) is 28.6. The Morgan fingerprint density at radius 1 is 0.661 bits per heavy atom. The molecule has 34 heteroatoms. The van der Waals surface area contributed by atoms with Crippen LogP contribution in [0, 0.1) is 36.4 Å². The van der Waals surface area contributed by atoms with Gasteiger partial charge in [0, 0.05) is 60.3 Å². The number of hydrogen-bond donors (Lipinski definition) is 8. The number of likely N-dealkylation sites (tertiary alicyclic amines) is 1. The summed E-state index contributed by atoms with van der Waals surface area (Å²) in [4.78, 5) is 150. The van der Waals surface area contributed by atoms with E-state index in [0.717, 1.165) is 31.2 Å². The fraction of sp³-hybridized carbons (Fsp3) is 0.615. The van der Waals surface area contributed by atoms with Crippen LogP contribution in [0.2, 0.25) is 0 Å². The molecule has 1 saturated heterocycles. The number of nitrogens with zero attached hydrogens (tertiary/aromatic N) is 3. The standard InChI is InChI=1S/C78H105FN10O23/c1-4-78(101)57-38-62-70-55(44-88(62)76(99)56(57)45-111-77(78)100)69-59(17-16-54-49(3)58(79)39-60(86-70)68(54)69)87-74(97)71(52-14-15-52)112-47-84-64(91)41-83-73(96)61(37-50-8-6-5-7-9-50)85-65(92)42-81-63(90)40-82-66(93)46-110-35-34-109-33-32-108-31-30-107-29-28-106-27-26-105-25-24-104-23-22-103-21-20-102-19-18-80-72(95)53-12-10-51(11-13-53)43-89-67(94)36-48(2)75(89)98/h5-9,38-39,48,51-53,59,61,71,101H,4,10-37,40-47H2,1-3H3,(H,80,95)(H,81,90)(H,82,93)(H,83,96)(H,84,91)(H,85,92)(H,87,97)/t48?,51?,53?,59-,61-,71-,78-/m0/s1. The predicted molar refractivity (Wildman–Crippen MR) is 396 cm³/mol. The Morgan fingerprint density at radius 3 is 1.84 bits per heavy atom. The maximum absolute atomic E-state index is 15.6. The SMILES string of the molecule is CC[C@@]1(O)C(=O)OCc2c1cc1n(c2=O)Cc2c-1nc1cc(F)c(C)c3c1c2[C@@H](NC(=O)[C@@H](OCNC(=O)CNC(=O)[C@H](Cc1ccccc1)NC(=O)CNC(=O)CNC(=O)COCCOCCOCCOCCOCCOCCOCCOCCOCCNC(=O)C1CCC(CN2C(=O)CC(C)C2=O)CC1)C1CC1)CC3. The number of aliphatic hydroxyl groups is 1. The summed E-state index contributed by atoms with van der Waals surface area (Å²) in [7, 11) is 0. The lowest BCUT2D eigenvalue weighted by Crippen LogP contribution is -2.52. The zero-order chi connectivity index (χ0) is 79.5. The van der Waals surface area contributed by atoms with E-state index in [4.69, 9.17) is 57.1 Å². The first-order valence-corrected chi connectivity index (χ1v) is 38.7. The van der Waals surface area contributed by atoms with Crippen molar-refractivity contribution < 1.29 is 110 Å². The van der Waals surface area contributed by atoms with Crippen molar-refractivity contribution in [2.24, 2.45) is 23.7 Å². The van der Waals surface area contributed by atoms with Crippen molar-refractivity contribution in [1.29, 1.82) is 0 Å². The first-order chi connectivity index (χ1) is 54.2. The first-order valence-electron chi connectivity index (χ1n) is 38.7. The van der Waals surface area contributed by atoms with Gasteiger partial charge in [-0.2, -0.15) is 0 Å². The fourth-order valence-corrected chi connectivity index (χ4v) is 14.3. The van der Waals surface area contributed by atoms with Crippen LogP contribution in [-0.2, 0) is 132 Å². The number of carbonyl (C=O) groups excluding carboxylic acids is 10. The van der Waals surface area contributed by atoms with Gasteiger partial charge in [0.1, 0.15) is 37.9 Å². The quantitative estimate of drug-likeness (QED) is 0.0117. The molecule has 8 N–H and O–H groups in total. The molecule has 112 heavy (non-hydrogen) atoms. The van der Waals surface area contributed by atoms with Crippen molar-refractivity contribution in [1.82, 2.24) is 51.7 Å². The van der Waals surface area contributed by atoms with Crippen LogP contribution in [0.3, 0.4) is 0 Å². The summed E-state index contributed by atoms with van der Waals surface area (Å²) in [6.45, 7) is 9.38. The van der Waals surface area contributed by atoms with Crippen molar-refractivity contribution in [2.75, 3.05) is 158 Å². The molecule has 0 spiro atoms. The molecule has 5 atom stereocenters. The molecule has 2 aromatic carbocycles. The number of rotatable bonds is 49. The Labute approximate surface area is 648 Å². The van der Waals surface area contributed by atoms with E-state index in [1.54, 1.807) is 57.2 Å². The van der Waals surface area contributed by atoms with Gasteiger partial charge in [-0.3, -0.25) is 52.8 Å². The van der Waals surface area contributed by atoms with Crippen molar-refractivity contribution in [3.05, 3.63) is 97.6 Å². The highest BCUT2D eigenvalue weighted by atomic mass is 19.1. The highest BCUT2D eigenvalue weighted by molar-refractivity contribution is 6.03. The number of aryl methyl sites for hydroxylation is 1. The number of hydrogen-bond acceptors (Lipinski definition) is 24. The highest BCUT2D eigenvalue weighted by Crippen LogP contribution is 2.47. The Kier molecular flexibility index (Phi) is 32.8. The number of pyridine rings is 2. The molecule has 0 bridgehead atoms. The zero-order valence-corrected chi connectivity index (χ0v) is 63.9. The molecule has 612 valence electrons. The number of benzene rings is 2. The smallest absolute Gasteiger partial charge is 0.343 e. The third-order valence-electron chi connectivity index (χ3n) is 20.7. The summed E-state index contributed by atoms with van der Waals surface area (Å²) in [6, 6.07) is 9.87. The molecule has 10 rings (SSSR count). The first kappa shape index (κ1) is 85.6. The Balaban J connectivity index is 0.512. The van der Waals surface area contributed by atoms with Gasteiger partial charge in [-0.05, 0) is 105 Å². The Morgan fingerprint density at radius 2 is 1.24 bits per heavy atom. The minimum atomic E-state index is -2.06. The summed E-state index contributed by atoms with van der Waals surface area (Å²) in [5, 5.41) is 30.8. The maximum atomic E-state index is 15.6. The van der Waals surface area contributed by atoms with Gasteiger partial charge in [0.05, 0.1) is 167 Å². The maximum Gasteiger partial charge on any atom is 0.343 e. The second-order valence-electron chi connectivity index (χ2n) is 28.6. The molecule has 0 radical (unpaired) electrons. The van der Waals surface area contributed by atoms with E-state index < -0.39 is 103 Å². The molecule has 3 aliphatic heterocycles. The fourth-order valence-electron chi connectivity index (χ4n) is 14.3. The number of ether oxygens (including phenoxy) is 11. The van der Waals surface area contributed by atoms with E-state index in [1.807, 2.05) is 0 Å². The van der Waals surface area contributed by atoms with E-state index in [2.05, 4.69) is 37.2 Å². The molecular formula is C78H105FN10O23. The molecule has 2 saturated carbocycles. The largest absolute Gasteiger partial charge is 0.458 e. The van der Waals surface area contributed by atoms with Gasteiger partial charge >= 0.3 is 5.97 Å². The van der Waals surface area contributed by atoms with Gasteiger partial charge in [0.25, 0.3) is 5.56 Å². The lowest BCUT2D eigenvalue weighted by molar-refractivity contribution is -0.172. The highest BCUT2D eigenvalue weighted by Gasteiger charge is 2.47. The number of nitrogens with one attached hydrogen (secondary N) is 7. The van der Waals surface area contributed by atoms with Crippen molar-refractivity contribution >= 4 is 70.0 Å². The van der Waals surface area contributed by atoms with Crippen LogP contribution in [0.4, 0.5) is 4.39 Å². The summed E-state index contributed by atoms with van der Waals surface area (Å²) >= 11 is 0. The van der Waals surface area contributed by atoms with Crippen molar-refractivity contribution in [2.45, 2.75) is 128 Å². The Hall–Kier alpha value is -8.81. The van der Waals surface area contributed by atoms with Crippen LogP contribution in [0.15, 0.2) is 47.3 Å². The van der Waals surface area contributed by atoms with E-state index >= 15 is 4.39 Å². The molecule has 2 aromatic heterocycles. The van der Waals surface area contributed by atoms with Crippen LogP contribution < -0.4 is 42.8 Å². The average molecular weight is 1570 g/mol. The van der Waals surface area contributed by atoms with Crippen LogP contribution in [-0.4, -0.2) is 249 Å². The molecule has 3 fully saturated rings. The van der Waals surface area contributed by atoms with Gasteiger partial charge in [0.15, 0.2) is 5.60 Å². The normalized spacial score (nSPS) is 19.4. The van der Waals surface area contributed by atoms with Crippen LogP contribution >= 0.6 is 0 Å². The van der Waals surface area contributed by atoms with Gasteiger partial charge in [-0.15, -0.1) is 0 Å². The summed E-state index contributed by atoms with van der Waals surface area (Å²) < 4.78 is 77.9. The van der Waals surface area contributed by atoms with E-state index in [-0.39, 0.29) is 105 Å². The van der Waals surface area contributed by atoms with Gasteiger partial charge < -0.3 is 99.0 Å². The average Bonchev–Trinajstić information content (AvgIpc) is 1.51. The number of fused-ring (bicyclic) bond motifs is 5. The van der Waals surface area contributed by atoms with Gasteiger partial charge in [-0.25, -0.2) is 14.2 Å². The number of aromatic nitrogens is 2. The molecule has 9 amide bonds. The number of esters is 1. The molecular weight excluding hydrogens is 1460 g/mol. The van der Waals surface area contributed by atoms with Crippen LogP contribution in [0.5, 0.6) is 0 Å². The third-order valence-corrected chi connectivity index (χ3v) is 20.7. The van der Waals surface area contributed by atoms with Gasteiger partial charge in [0.2, 0.25) is 53.2 Å². The third kappa shape index (κ3) is 23.9. The van der Waals surface area contributed by atoms with Crippen molar-refractivity contribution in [3.8, 4) is 11.4 Å². The molecule has 1 unspecified atom stereocenters. The second kappa shape index (κ2) is 42.9. The van der Waals surface area contributed by atoms with E-state index in [1.165, 1.54) is 15.5 Å². The summed E-state index contributed by atoms with van der Waals surface area (Å²) in [6.07, 6.45) is 4.52. The summed E-state index contributed by atoms with van der Waals surface area (Å²) in [5.74, 6) is -5.54. The van der Waals surface area contributed by atoms with Crippen LogP contribution in [0.1, 0.15) is 117 Å². The minimum absolute atomic E-state index is 0.0170. The number of carbonyl (C=O) groups is 10. The van der Waals surface area contributed by atoms with Crippen LogP contribution in [0.25, 0.3) is 22.3 Å². The lowest BCUT2D eigenvalue weighted by Gasteiger charge is -2.31. The number of amides is 9. The minimum Gasteiger partial charge on any atom is -0.458 e. The van der Waals surface area contributed by atoms with E-state index in [0.29, 0.717) is 182 Å². The number of cyclic esters (lactones) is 1. The molecule has 5 heterocycles. The van der Waals surface area contributed by atoms with Crippen molar-refractivity contribution in [3.63, 3.8) is 0 Å². The number of imide groups is 1. The molecule has 33 nitrogen and oxygen atoms in total. The number of halogens is 1. The summed E-state index contributed by atoms with van der Waals surface area (Å²) in [5.41, 5.74) is 1.89. The molecule has 3 aliphatic carbocycles. The van der Waals surface area contributed by atoms with E-state index in [9.17, 15) is 57.8 Å². The van der Waals surface area contributed by atoms with Gasteiger partial charge in [-0.1, -0.05) is 44.2 Å². The molecule has 4 aromatic rings. The monoisotopic (exact) mass is 1570 g/mol. The zero-order valence-electron chi connectivity index (χ0n) is 63.9. The Bertz CT molecular complexity index is 4010.